The van der Waals surface area contributed by atoms with Gasteiger partial charge >= 0.3 is 5.63 Å². The van der Waals surface area contributed by atoms with Crippen LogP contribution in [0.4, 0.5) is 4.39 Å². The van der Waals surface area contributed by atoms with E-state index in [1.54, 1.807) is 0 Å². The fourth-order valence-corrected chi connectivity index (χ4v) is 4.42. The number of hydrogen-bond donors (Lipinski definition) is 1. The molecule has 146 valence electrons. The van der Waals surface area contributed by atoms with Gasteiger partial charge in [-0.25, -0.2) is 9.18 Å². The van der Waals surface area contributed by atoms with Gasteiger partial charge in [0.05, 0.1) is 0 Å². The van der Waals surface area contributed by atoms with Gasteiger partial charge in [0, 0.05) is 44.8 Å². The number of hydrogen-bond acceptors (Lipinski definition) is 3. The first kappa shape index (κ1) is 18.5. The van der Waals surface area contributed by atoms with E-state index in [1.807, 2.05) is 73.1 Å². The molecule has 0 radical (unpaired) electrons. The van der Waals surface area contributed by atoms with E-state index in [0.29, 0.717) is 5.58 Å². The van der Waals surface area contributed by atoms with Crippen molar-refractivity contribution >= 4 is 22.7 Å². The normalized spacial score (nSPS) is 11.1. The van der Waals surface area contributed by atoms with E-state index >= 15 is 0 Å². The summed E-state index contributed by atoms with van der Waals surface area (Å²) in [5, 5.41) is 0.850. The second kappa shape index (κ2) is 7.69. The Balaban J connectivity index is 1.54. The molecule has 0 fully saturated rings. The topological polar surface area (TPSA) is 46.0 Å². The highest BCUT2D eigenvalue weighted by atomic mass is 32.2. The van der Waals surface area contributed by atoms with Gasteiger partial charge in [0.25, 0.3) is 0 Å². The minimum absolute atomic E-state index is 0.291. The number of fused-ring (bicyclic) bond motifs is 1. The fourth-order valence-electron chi connectivity index (χ4n) is 3.49. The molecule has 1 N–H and O–H groups in total. The molecule has 0 aliphatic carbocycles. The summed E-state index contributed by atoms with van der Waals surface area (Å²) in [6.07, 6.45) is 3.66. The van der Waals surface area contributed by atoms with Crippen LogP contribution in [-0.4, -0.2) is 4.98 Å². The van der Waals surface area contributed by atoms with Crippen molar-refractivity contribution in [1.29, 1.82) is 0 Å². The lowest BCUT2D eigenvalue weighted by Crippen LogP contribution is -1.97. The van der Waals surface area contributed by atoms with E-state index in [0.717, 1.165) is 37.4 Å². The van der Waals surface area contributed by atoms with Crippen LogP contribution in [0.3, 0.4) is 0 Å². The van der Waals surface area contributed by atoms with Crippen molar-refractivity contribution < 1.29 is 8.81 Å². The smallest absolute Gasteiger partial charge is 0.336 e. The van der Waals surface area contributed by atoms with Crippen LogP contribution in [-0.2, 0) is 0 Å². The number of H-pyrrole nitrogens is 1. The van der Waals surface area contributed by atoms with Crippen LogP contribution in [0.2, 0.25) is 0 Å². The minimum atomic E-state index is -0.405. The molecular formula is C25H16FNO2S. The SMILES string of the molecule is O=c1cc(-c2cc[nH]c2)c2ccc(Sc3cc(F)cc(-c4ccccc4)c3)cc2o1. The van der Waals surface area contributed by atoms with Crippen LogP contribution in [0.1, 0.15) is 0 Å². The molecular weight excluding hydrogens is 397 g/mol. The van der Waals surface area contributed by atoms with E-state index in [-0.39, 0.29) is 5.82 Å². The first-order valence-corrected chi connectivity index (χ1v) is 10.2. The summed E-state index contributed by atoms with van der Waals surface area (Å²) in [6, 6.07) is 23.8. The van der Waals surface area contributed by atoms with Crippen LogP contribution < -0.4 is 5.63 Å². The minimum Gasteiger partial charge on any atom is -0.423 e. The number of nitrogens with one attached hydrogen (secondary N) is 1. The molecule has 30 heavy (non-hydrogen) atoms. The Hall–Kier alpha value is -3.57. The van der Waals surface area contributed by atoms with Gasteiger partial charge in [-0.2, -0.15) is 0 Å². The molecule has 2 heterocycles. The predicted octanol–water partition coefficient (Wildman–Crippen LogP) is 6.75. The molecule has 0 bridgehead atoms. The van der Waals surface area contributed by atoms with E-state index in [1.165, 1.54) is 30.0 Å². The molecule has 3 nitrogen and oxygen atoms in total. The van der Waals surface area contributed by atoms with Crippen molar-refractivity contribution in [3.05, 3.63) is 107 Å². The van der Waals surface area contributed by atoms with Gasteiger partial charge in [-0.05, 0) is 53.6 Å². The van der Waals surface area contributed by atoms with Crippen molar-refractivity contribution in [2.45, 2.75) is 9.79 Å². The molecule has 5 heteroatoms. The zero-order valence-corrected chi connectivity index (χ0v) is 16.6. The highest BCUT2D eigenvalue weighted by Gasteiger charge is 2.11. The van der Waals surface area contributed by atoms with Crippen molar-refractivity contribution in [2.24, 2.45) is 0 Å². The van der Waals surface area contributed by atoms with Gasteiger partial charge in [-0.3, -0.25) is 0 Å². The molecule has 0 saturated heterocycles. The monoisotopic (exact) mass is 413 g/mol. The molecule has 5 rings (SSSR count). The Bertz CT molecular complexity index is 1390. The van der Waals surface area contributed by atoms with Crippen LogP contribution in [0.15, 0.2) is 110 Å². The molecule has 5 aromatic rings. The first-order valence-electron chi connectivity index (χ1n) is 9.41. The van der Waals surface area contributed by atoms with Gasteiger partial charge in [0.15, 0.2) is 0 Å². The first-order chi connectivity index (χ1) is 14.7. The third-order valence-electron chi connectivity index (χ3n) is 4.84. The number of aromatic amines is 1. The third kappa shape index (κ3) is 3.67. The molecule has 0 aliphatic heterocycles. The van der Waals surface area contributed by atoms with Crippen molar-refractivity contribution in [2.75, 3.05) is 0 Å². The van der Waals surface area contributed by atoms with Crippen LogP contribution >= 0.6 is 11.8 Å². The van der Waals surface area contributed by atoms with Gasteiger partial charge < -0.3 is 9.40 Å². The van der Waals surface area contributed by atoms with Crippen molar-refractivity contribution in [3.63, 3.8) is 0 Å². The molecule has 0 amide bonds. The van der Waals surface area contributed by atoms with Crippen molar-refractivity contribution in [1.82, 2.24) is 4.98 Å². The molecule has 0 atom stereocenters. The Morgan fingerprint density at radius 1 is 0.800 bits per heavy atom. The van der Waals surface area contributed by atoms with E-state index in [4.69, 9.17) is 4.42 Å². The maximum absolute atomic E-state index is 14.3. The number of aromatic nitrogens is 1. The van der Waals surface area contributed by atoms with Crippen LogP contribution in [0.5, 0.6) is 0 Å². The molecule has 0 aliphatic rings. The van der Waals surface area contributed by atoms with E-state index in [2.05, 4.69) is 4.98 Å². The zero-order chi connectivity index (χ0) is 20.5. The average molecular weight is 413 g/mol. The fraction of sp³-hybridized carbons (Fsp3) is 0. The number of benzene rings is 3. The summed E-state index contributed by atoms with van der Waals surface area (Å²) in [4.78, 5) is 16.7. The van der Waals surface area contributed by atoms with E-state index in [9.17, 15) is 9.18 Å². The molecule has 3 aromatic carbocycles. The van der Waals surface area contributed by atoms with Gasteiger partial charge in [-0.15, -0.1) is 0 Å². The lowest BCUT2D eigenvalue weighted by atomic mass is 10.1. The number of rotatable bonds is 4. The largest absolute Gasteiger partial charge is 0.423 e. The molecule has 0 spiro atoms. The summed E-state index contributed by atoms with van der Waals surface area (Å²) in [5.41, 5.74) is 3.61. The highest BCUT2D eigenvalue weighted by molar-refractivity contribution is 7.99. The second-order valence-corrected chi connectivity index (χ2v) is 8.03. The lowest BCUT2D eigenvalue weighted by molar-refractivity contribution is 0.561. The van der Waals surface area contributed by atoms with Crippen LogP contribution in [0, 0.1) is 5.82 Å². The zero-order valence-electron chi connectivity index (χ0n) is 15.8. The summed E-state index contributed by atoms with van der Waals surface area (Å²) in [7, 11) is 0. The number of halogens is 1. The Labute approximate surface area is 176 Å². The van der Waals surface area contributed by atoms with Gasteiger partial charge in [0.1, 0.15) is 11.4 Å². The van der Waals surface area contributed by atoms with Crippen LogP contribution in [0.25, 0.3) is 33.2 Å². The Morgan fingerprint density at radius 3 is 2.47 bits per heavy atom. The summed E-state index contributed by atoms with van der Waals surface area (Å²) >= 11 is 1.43. The maximum Gasteiger partial charge on any atom is 0.336 e. The maximum atomic E-state index is 14.3. The van der Waals surface area contributed by atoms with Crippen molar-refractivity contribution in [3.8, 4) is 22.3 Å². The van der Waals surface area contributed by atoms with Gasteiger partial charge in [-0.1, -0.05) is 42.1 Å². The highest BCUT2D eigenvalue weighted by Crippen LogP contribution is 2.35. The molecule has 0 saturated carbocycles. The average Bonchev–Trinajstić information content (AvgIpc) is 3.28. The third-order valence-corrected chi connectivity index (χ3v) is 5.80. The summed E-state index contributed by atoms with van der Waals surface area (Å²) in [5.74, 6) is -0.291. The standard InChI is InChI=1S/C25H16FNO2S/c26-19-10-18(16-4-2-1-3-5-16)11-21(12-19)30-20-6-7-22-23(17-8-9-27-15-17)14-25(28)29-24(22)13-20/h1-15,27H. The summed E-state index contributed by atoms with van der Waals surface area (Å²) < 4.78 is 19.7. The second-order valence-electron chi connectivity index (χ2n) is 6.88. The van der Waals surface area contributed by atoms with Gasteiger partial charge in [0.2, 0.25) is 0 Å². The lowest BCUT2D eigenvalue weighted by Gasteiger charge is -2.08. The van der Waals surface area contributed by atoms with E-state index < -0.39 is 5.63 Å². The Kier molecular flexibility index (Phi) is 4.73. The predicted molar refractivity (Wildman–Crippen MR) is 118 cm³/mol. The quantitative estimate of drug-likeness (QED) is 0.332. The summed E-state index contributed by atoms with van der Waals surface area (Å²) in [6.45, 7) is 0. The Morgan fingerprint density at radius 2 is 1.67 bits per heavy atom. The molecule has 0 unspecified atom stereocenters. The molecule has 2 aromatic heterocycles.